The molecule has 0 radical (unpaired) electrons. The van der Waals surface area contributed by atoms with Gasteiger partial charge in [-0.15, -0.1) is 0 Å². The zero-order chi connectivity index (χ0) is 21.6. The monoisotopic (exact) mass is 427 g/mol. The van der Waals surface area contributed by atoms with Crippen molar-refractivity contribution in [3.63, 3.8) is 0 Å². The number of sulfonamides is 1. The topological polar surface area (TPSA) is 105 Å². The Kier molecular flexibility index (Phi) is 6.86. The zero-order valence-corrected chi connectivity index (χ0v) is 18.0. The van der Waals surface area contributed by atoms with E-state index in [2.05, 4.69) is 25.3 Å². The molecule has 0 saturated heterocycles. The van der Waals surface area contributed by atoms with Gasteiger partial charge >= 0.3 is 0 Å². The van der Waals surface area contributed by atoms with Crippen molar-refractivity contribution in [3.8, 4) is 5.75 Å². The highest BCUT2D eigenvalue weighted by molar-refractivity contribution is 7.89. The number of anilines is 3. The van der Waals surface area contributed by atoms with Gasteiger partial charge < -0.3 is 15.4 Å². The van der Waals surface area contributed by atoms with Crippen molar-refractivity contribution in [1.29, 1.82) is 0 Å². The summed E-state index contributed by atoms with van der Waals surface area (Å²) < 4.78 is 32.5. The van der Waals surface area contributed by atoms with Crippen LogP contribution in [0, 0.1) is 13.8 Å². The van der Waals surface area contributed by atoms with Crippen LogP contribution < -0.4 is 20.1 Å². The van der Waals surface area contributed by atoms with Gasteiger partial charge in [-0.2, -0.15) is 4.98 Å². The molecule has 0 aliphatic heterocycles. The number of aromatic nitrogens is 2. The lowest BCUT2D eigenvalue weighted by Gasteiger charge is -2.11. The molecule has 0 spiro atoms. The van der Waals surface area contributed by atoms with Gasteiger partial charge in [0.1, 0.15) is 11.6 Å². The summed E-state index contributed by atoms with van der Waals surface area (Å²) in [6, 6.07) is 16.2. The van der Waals surface area contributed by atoms with Crippen LogP contribution in [0.3, 0.4) is 0 Å². The number of aryl methyl sites for hydroxylation is 2. The Bertz CT molecular complexity index is 1100. The number of nitrogens with one attached hydrogen (secondary N) is 3. The number of ether oxygens (including phenoxy) is 1. The molecule has 0 unspecified atom stereocenters. The summed E-state index contributed by atoms with van der Waals surface area (Å²) in [6.45, 7) is 4.41. The largest absolute Gasteiger partial charge is 0.497 e. The highest BCUT2D eigenvalue weighted by Gasteiger charge is 2.14. The van der Waals surface area contributed by atoms with Crippen LogP contribution in [-0.2, 0) is 10.0 Å². The van der Waals surface area contributed by atoms with Crippen molar-refractivity contribution in [2.24, 2.45) is 0 Å². The molecule has 158 valence electrons. The number of methoxy groups -OCH3 is 1. The molecular weight excluding hydrogens is 402 g/mol. The van der Waals surface area contributed by atoms with Crippen LogP contribution in [0.2, 0.25) is 0 Å². The lowest BCUT2D eigenvalue weighted by molar-refractivity contribution is 0.413. The molecule has 0 fully saturated rings. The third-order valence-corrected chi connectivity index (χ3v) is 5.69. The summed E-state index contributed by atoms with van der Waals surface area (Å²) in [7, 11) is -2.14. The van der Waals surface area contributed by atoms with Crippen LogP contribution in [0.5, 0.6) is 5.75 Å². The lowest BCUT2D eigenvalue weighted by atomic mass is 10.2. The minimum atomic E-state index is -3.63. The average Bonchev–Trinajstić information content (AvgIpc) is 2.72. The van der Waals surface area contributed by atoms with Crippen molar-refractivity contribution < 1.29 is 13.2 Å². The van der Waals surface area contributed by atoms with Gasteiger partial charge in [0.15, 0.2) is 0 Å². The second kappa shape index (κ2) is 9.55. The number of benzene rings is 2. The molecule has 0 aliphatic rings. The highest BCUT2D eigenvalue weighted by Crippen LogP contribution is 2.18. The quantitative estimate of drug-likeness (QED) is 0.450. The molecule has 0 amide bonds. The molecule has 0 bridgehead atoms. The predicted molar refractivity (Wildman–Crippen MR) is 118 cm³/mol. The Balaban J connectivity index is 1.58. The molecule has 0 saturated carbocycles. The fraction of sp³-hybridized carbons (Fsp3) is 0.238. The third kappa shape index (κ3) is 5.91. The first-order valence-corrected chi connectivity index (χ1v) is 10.9. The molecule has 30 heavy (non-hydrogen) atoms. The minimum Gasteiger partial charge on any atom is -0.497 e. The van der Waals surface area contributed by atoms with E-state index in [1.54, 1.807) is 12.1 Å². The van der Waals surface area contributed by atoms with E-state index in [4.69, 9.17) is 4.74 Å². The van der Waals surface area contributed by atoms with Crippen LogP contribution in [-0.4, -0.2) is 38.6 Å². The first-order valence-electron chi connectivity index (χ1n) is 9.43. The van der Waals surface area contributed by atoms with Crippen LogP contribution in [0.1, 0.15) is 11.3 Å². The number of nitrogens with zero attached hydrogens (tertiary/aromatic N) is 2. The van der Waals surface area contributed by atoms with E-state index < -0.39 is 10.0 Å². The van der Waals surface area contributed by atoms with E-state index in [1.165, 1.54) is 24.8 Å². The van der Waals surface area contributed by atoms with Gasteiger partial charge in [0.25, 0.3) is 0 Å². The lowest BCUT2D eigenvalue weighted by Crippen LogP contribution is -2.29. The van der Waals surface area contributed by atoms with Gasteiger partial charge in [-0.3, -0.25) is 0 Å². The number of rotatable bonds is 9. The number of hydrogen-bond donors (Lipinski definition) is 3. The minimum absolute atomic E-state index is 0.151. The van der Waals surface area contributed by atoms with Crippen LogP contribution in [0.25, 0.3) is 0 Å². The molecule has 0 atom stereocenters. The van der Waals surface area contributed by atoms with E-state index in [1.807, 2.05) is 44.2 Å². The van der Waals surface area contributed by atoms with E-state index in [9.17, 15) is 8.42 Å². The van der Waals surface area contributed by atoms with E-state index in [0.29, 0.717) is 24.1 Å². The first kappa shape index (κ1) is 21.5. The Morgan fingerprint density at radius 1 is 0.967 bits per heavy atom. The summed E-state index contributed by atoms with van der Waals surface area (Å²) in [5.41, 5.74) is 2.90. The maximum atomic E-state index is 12.4. The third-order valence-electron chi connectivity index (χ3n) is 4.23. The first-order chi connectivity index (χ1) is 14.4. The molecule has 0 aliphatic carbocycles. The molecule has 9 heteroatoms. The molecule has 1 heterocycles. The van der Waals surface area contributed by atoms with Crippen LogP contribution in [0.15, 0.2) is 59.5 Å². The van der Waals surface area contributed by atoms with Gasteiger partial charge in [0.2, 0.25) is 16.0 Å². The summed E-state index contributed by atoms with van der Waals surface area (Å²) in [6.07, 6.45) is 0. The van der Waals surface area contributed by atoms with Gasteiger partial charge in [0.05, 0.1) is 12.0 Å². The van der Waals surface area contributed by atoms with Crippen LogP contribution >= 0.6 is 0 Å². The second-order valence-electron chi connectivity index (χ2n) is 6.71. The van der Waals surface area contributed by atoms with Crippen molar-refractivity contribution >= 4 is 27.5 Å². The molecule has 3 N–H and O–H groups in total. The molecular formula is C21H25N5O3S. The van der Waals surface area contributed by atoms with E-state index >= 15 is 0 Å². The predicted octanol–water partition coefficient (Wildman–Crippen LogP) is 3.24. The summed E-state index contributed by atoms with van der Waals surface area (Å²) in [5.74, 6) is 1.56. The molecule has 8 nitrogen and oxygen atoms in total. The van der Waals surface area contributed by atoms with Crippen molar-refractivity contribution in [1.82, 2.24) is 14.7 Å². The Morgan fingerprint density at radius 2 is 1.73 bits per heavy atom. The zero-order valence-electron chi connectivity index (χ0n) is 17.1. The summed E-state index contributed by atoms with van der Waals surface area (Å²) in [4.78, 5) is 8.94. The Morgan fingerprint density at radius 3 is 2.47 bits per heavy atom. The Hall–Kier alpha value is -3.17. The highest BCUT2D eigenvalue weighted by atomic mass is 32.2. The standard InChI is InChI=1S/C21H25N5O3S/c1-15-7-9-17(10-8-15)25-20-13-16(2)24-21(26-20)22-11-12-23-30(27,28)19-6-4-5-18(14-19)29-3/h4-10,13-14,23H,11-12H2,1-3H3,(H2,22,24,25,26). The SMILES string of the molecule is COc1cccc(S(=O)(=O)NCCNc2nc(C)cc(Nc3ccc(C)cc3)n2)c1. The van der Waals surface area contributed by atoms with Gasteiger partial charge in [-0.05, 0) is 38.1 Å². The van der Waals surface area contributed by atoms with Crippen LogP contribution in [0.4, 0.5) is 17.5 Å². The Labute approximate surface area is 176 Å². The molecule has 3 rings (SSSR count). The van der Waals surface area contributed by atoms with Gasteiger partial charge in [-0.1, -0.05) is 23.8 Å². The molecule has 1 aromatic heterocycles. The average molecular weight is 428 g/mol. The number of hydrogen-bond acceptors (Lipinski definition) is 7. The van der Waals surface area contributed by atoms with Crippen molar-refractivity contribution in [2.75, 3.05) is 30.8 Å². The molecule has 3 aromatic rings. The smallest absolute Gasteiger partial charge is 0.240 e. The maximum Gasteiger partial charge on any atom is 0.240 e. The van der Waals surface area contributed by atoms with Crippen molar-refractivity contribution in [3.05, 3.63) is 65.9 Å². The van der Waals surface area contributed by atoms with E-state index in [-0.39, 0.29) is 11.4 Å². The normalized spacial score (nSPS) is 11.2. The maximum absolute atomic E-state index is 12.4. The van der Waals surface area contributed by atoms with E-state index in [0.717, 1.165) is 11.4 Å². The van der Waals surface area contributed by atoms with Gasteiger partial charge in [0, 0.05) is 36.6 Å². The second-order valence-corrected chi connectivity index (χ2v) is 8.48. The fourth-order valence-corrected chi connectivity index (χ4v) is 3.77. The summed E-state index contributed by atoms with van der Waals surface area (Å²) in [5, 5.41) is 6.30. The van der Waals surface area contributed by atoms with Gasteiger partial charge in [-0.25, -0.2) is 18.1 Å². The summed E-state index contributed by atoms with van der Waals surface area (Å²) >= 11 is 0. The fourth-order valence-electron chi connectivity index (χ4n) is 2.71. The van der Waals surface area contributed by atoms with Crippen molar-refractivity contribution in [2.45, 2.75) is 18.7 Å². The molecule has 2 aromatic carbocycles.